The predicted octanol–water partition coefficient (Wildman–Crippen LogP) is 3.41. The first-order valence-corrected chi connectivity index (χ1v) is 7.91. The van der Waals surface area contributed by atoms with Gasteiger partial charge in [-0.15, -0.1) is 0 Å². The lowest BCUT2D eigenvalue weighted by Crippen LogP contribution is -2.14. The fourth-order valence-corrected chi connectivity index (χ4v) is 2.94. The number of nitrogens with one attached hydrogen (secondary N) is 1. The third-order valence-electron chi connectivity index (χ3n) is 4.01. The van der Waals surface area contributed by atoms with E-state index in [-0.39, 0.29) is 0 Å². The molecular weight excluding hydrogens is 260 g/mol. The highest BCUT2D eigenvalue weighted by molar-refractivity contribution is 5.60. The number of pyridine rings is 1. The molecule has 1 aliphatic carbocycles. The van der Waals surface area contributed by atoms with E-state index in [1.54, 1.807) is 0 Å². The fourth-order valence-electron chi connectivity index (χ4n) is 2.94. The molecule has 3 rings (SSSR count). The molecule has 4 nitrogen and oxygen atoms in total. The Hall–Kier alpha value is -1.97. The molecule has 0 bridgehead atoms. The minimum atomic E-state index is 0.768. The summed E-state index contributed by atoms with van der Waals surface area (Å²) in [4.78, 5) is 14.1. The summed E-state index contributed by atoms with van der Waals surface area (Å²) < 4.78 is 0. The molecule has 0 amide bonds. The van der Waals surface area contributed by atoms with Crippen LogP contribution in [0.4, 0.5) is 5.82 Å². The number of aromatic nitrogens is 3. The van der Waals surface area contributed by atoms with Crippen molar-refractivity contribution in [1.29, 1.82) is 0 Å². The molecule has 0 saturated heterocycles. The Morgan fingerprint density at radius 3 is 2.81 bits per heavy atom. The van der Waals surface area contributed by atoms with Crippen molar-refractivity contribution in [2.45, 2.75) is 46.0 Å². The summed E-state index contributed by atoms with van der Waals surface area (Å²) in [6.07, 6.45) is 7.36. The van der Waals surface area contributed by atoms with Crippen molar-refractivity contribution in [2.75, 3.05) is 11.9 Å². The molecule has 0 spiro atoms. The monoisotopic (exact) mass is 282 g/mol. The van der Waals surface area contributed by atoms with Gasteiger partial charge in [-0.25, -0.2) is 9.97 Å². The van der Waals surface area contributed by atoms with E-state index in [1.165, 1.54) is 29.7 Å². The quantitative estimate of drug-likeness (QED) is 0.933. The molecule has 2 aromatic rings. The molecule has 4 heteroatoms. The standard InChI is InChI=1S/C17H22N4/c1-3-12-8-7-11-19-15(12)17-20-14-10-6-5-9-13(14)16(21-17)18-4-2/h7-8,11H,3-6,9-10H2,1-2H3,(H,18,20,21). The van der Waals surface area contributed by atoms with E-state index >= 15 is 0 Å². The van der Waals surface area contributed by atoms with Gasteiger partial charge in [-0.1, -0.05) is 13.0 Å². The van der Waals surface area contributed by atoms with Gasteiger partial charge in [0.1, 0.15) is 11.5 Å². The van der Waals surface area contributed by atoms with E-state index in [2.05, 4.69) is 30.2 Å². The number of anilines is 1. The summed E-state index contributed by atoms with van der Waals surface area (Å²) in [6, 6.07) is 4.09. The lowest BCUT2D eigenvalue weighted by atomic mass is 9.96. The maximum atomic E-state index is 4.82. The molecule has 2 aromatic heterocycles. The van der Waals surface area contributed by atoms with Crippen molar-refractivity contribution >= 4 is 5.82 Å². The molecule has 0 saturated carbocycles. The fraction of sp³-hybridized carbons (Fsp3) is 0.471. The molecule has 0 aromatic carbocycles. The summed E-state index contributed by atoms with van der Waals surface area (Å²) in [5.74, 6) is 1.77. The molecule has 1 N–H and O–H groups in total. The number of hydrogen-bond acceptors (Lipinski definition) is 4. The largest absolute Gasteiger partial charge is 0.370 e. The van der Waals surface area contributed by atoms with Crippen molar-refractivity contribution < 1.29 is 0 Å². The van der Waals surface area contributed by atoms with E-state index in [9.17, 15) is 0 Å². The zero-order valence-electron chi connectivity index (χ0n) is 12.8. The van der Waals surface area contributed by atoms with Gasteiger partial charge in [0.25, 0.3) is 0 Å². The van der Waals surface area contributed by atoms with Crippen molar-refractivity contribution in [3.63, 3.8) is 0 Å². The molecule has 0 radical (unpaired) electrons. The maximum Gasteiger partial charge on any atom is 0.180 e. The lowest BCUT2D eigenvalue weighted by Gasteiger charge is -2.19. The van der Waals surface area contributed by atoms with Crippen molar-refractivity contribution in [3.05, 3.63) is 35.2 Å². The molecular formula is C17H22N4. The number of aryl methyl sites for hydroxylation is 2. The normalized spacial score (nSPS) is 13.8. The molecule has 1 aliphatic rings. The first kappa shape index (κ1) is 14.0. The Kier molecular flexibility index (Phi) is 4.13. The average Bonchev–Trinajstić information content (AvgIpc) is 2.55. The van der Waals surface area contributed by atoms with Crippen LogP contribution < -0.4 is 5.32 Å². The van der Waals surface area contributed by atoms with Crippen LogP contribution in [-0.4, -0.2) is 21.5 Å². The Labute approximate surface area is 126 Å². The van der Waals surface area contributed by atoms with E-state index in [0.717, 1.165) is 43.1 Å². The smallest absolute Gasteiger partial charge is 0.180 e. The second kappa shape index (κ2) is 6.20. The second-order valence-corrected chi connectivity index (χ2v) is 5.42. The van der Waals surface area contributed by atoms with Gasteiger partial charge in [-0.3, -0.25) is 4.98 Å². The molecule has 21 heavy (non-hydrogen) atoms. The molecule has 0 atom stereocenters. The van der Waals surface area contributed by atoms with Crippen molar-refractivity contribution in [1.82, 2.24) is 15.0 Å². The van der Waals surface area contributed by atoms with Gasteiger partial charge in [0, 0.05) is 24.0 Å². The van der Waals surface area contributed by atoms with Crippen LogP contribution in [-0.2, 0) is 19.3 Å². The van der Waals surface area contributed by atoms with Crippen LogP contribution in [0.25, 0.3) is 11.5 Å². The summed E-state index contributed by atoms with van der Waals surface area (Å²) in [6.45, 7) is 5.13. The van der Waals surface area contributed by atoms with Gasteiger partial charge in [-0.05, 0) is 50.7 Å². The van der Waals surface area contributed by atoms with E-state index in [4.69, 9.17) is 9.97 Å². The van der Waals surface area contributed by atoms with Crippen LogP contribution in [0.2, 0.25) is 0 Å². The van der Waals surface area contributed by atoms with Gasteiger partial charge in [0.2, 0.25) is 0 Å². The van der Waals surface area contributed by atoms with Crippen LogP contribution in [0, 0.1) is 0 Å². The second-order valence-electron chi connectivity index (χ2n) is 5.42. The summed E-state index contributed by atoms with van der Waals surface area (Å²) in [5, 5.41) is 3.40. The summed E-state index contributed by atoms with van der Waals surface area (Å²) in [7, 11) is 0. The highest BCUT2D eigenvalue weighted by atomic mass is 15.0. The van der Waals surface area contributed by atoms with Crippen LogP contribution >= 0.6 is 0 Å². The van der Waals surface area contributed by atoms with E-state index in [0.29, 0.717) is 0 Å². The Balaban J connectivity index is 2.12. The summed E-state index contributed by atoms with van der Waals surface area (Å²) >= 11 is 0. The van der Waals surface area contributed by atoms with E-state index in [1.807, 2.05) is 12.3 Å². The molecule has 2 heterocycles. The van der Waals surface area contributed by atoms with Crippen LogP contribution in [0.15, 0.2) is 18.3 Å². The van der Waals surface area contributed by atoms with Crippen LogP contribution in [0.1, 0.15) is 43.5 Å². The Morgan fingerprint density at radius 2 is 2.00 bits per heavy atom. The van der Waals surface area contributed by atoms with Gasteiger partial charge in [0.15, 0.2) is 5.82 Å². The minimum absolute atomic E-state index is 0.768. The lowest BCUT2D eigenvalue weighted by molar-refractivity contribution is 0.664. The molecule has 0 unspecified atom stereocenters. The summed E-state index contributed by atoms with van der Waals surface area (Å²) in [5.41, 5.74) is 4.64. The minimum Gasteiger partial charge on any atom is -0.370 e. The molecule has 110 valence electrons. The maximum absolute atomic E-state index is 4.82. The van der Waals surface area contributed by atoms with Crippen molar-refractivity contribution in [3.8, 4) is 11.5 Å². The van der Waals surface area contributed by atoms with Gasteiger partial charge in [0.05, 0.1) is 0 Å². The predicted molar refractivity (Wildman–Crippen MR) is 85.4 cm³/mol. The SMILES string of the molecule is CCNc1nc(-c2ncccc2CC)nc2c1CCCC2. The number of fused-ring (bicyclic) bond motifs is 1. The zero-order valence-corrected chi connectivity index (χ0v) is 12.8. The van der Waals surface area contributed by atoms with Crippen LogP contribution in [0.3, 0.4) is 0 Å². The zero-order chi connectivity index (χ0) is 14.7. The topological polar surface area (TPSA) is 50.7 Å². The number of hydrogen-bond donors (Lipinski definition) is 1. The first-order valence-electron chi connectivity index (χ1n) is 7.91. The number of nitrogens with zero attached hydrogens (tertiary/aromatic N) is 3. The van der Waals surface area contributed by atoms with Gasteiger partial charge < -0.3 is 5.32 Å². The highest BCUT2D eigenvalue weighted by Crippen LogP contribution is 2.28. The average molecular weight is 282 g/mol. The Morgan fingerprint density at radius 1 is 1.14 bits per heavy atom. The van der Waals surface area contributed by atoms with Gasteiger partial charge in [-0.2, -0.15) is 0 Å². The molecule has 0 aliphatic heterocycles. The van der Waals surface area contributed by atoms with Gasteiger partial charge >= 0.3 is 0 Å². The van der Waals surface area contributed by atoms with E-state index < -0.39 is 0 Å². The Bertz CT molecular complexity index is 637. The molecule has 0 fully saturated rings. The van der Waals surface area contributed by atoms with Crippen molar-refractivity contribution in [2.24, 2.45) is 0 Å². The number of rotatable bonds is 4. The first-order chi connectivity index (χ1) is 10.3. The highest BCUT2D eigenvalue weighted by Gasteiger charge is 2.19. The third-order valence-corrected chi connectivity index (χ3v) is 4.01. The van der Waals surface area contributed by atoms with Crippen LogP contribution in [0.5, 0.6) is 0 Å². The third kappa shape index (κ3) is 2.75.